The van der Waals surface area contributed by atoms with Gasteiger partial charge in [0, 0.05) is 7.05 Å². The van der Waals surface area contributed by atoms with Gasteiger partial charge in [-0.25, -0.2) is 0 Å². The largest absolute Gasteiger partial charge is 0.508 e. The van der Waals surface area contributed by atoms with E-state index < -0.39 is 0 Å². The summed E-state index contributed by atoms with van der Waals surface area (Å²) in [4.78, 5) is 12.2. The number of amides is 1. The number of hydrogen-bond donors (Lipinski definition) is 1. The molecule has 0 aliphatic heterocycles. The van der Waals surface area contributed by atoms with Gasteiger partial charge in [0.25, 0.3) is 0 Å². The van der Waals surface area contributed by atoms with Crippen molar-refractivity contribution in [3.63, 3.8) is 0 Å². The molecule has 0 aliphatic carbocycles. The Balaban J connectivity index is 1.97. The zero-order valence-corrected chi connectivity index (χ0v) is 17.4. The van der Waals surface area contributed by atoms with E-state index >= 15 is 0 Å². The van der Waals surface area contributed by atoms with Gasteiger partial charge in [-0.2, -0.15) is 0 Å². The van der Waals surface area contributed by atoms with Crippen LogP contribution in [-0.4, -0.2) is 36.6 Å². The summed E-state index contributed by atoms with van der Waals surface area (Å²) < 4.78 is 5.76. The number of hydrogen-bond acceptors (Lipinski definition) is 3. The minimum Gasteiger partial charge on any atom is -0.508 e. The van der Waals surface area contributed by atoms with Crippen molar-refractivity contribution >= 4 is 17.6 Å². The lowest BCUT2D eigenvalue weighted by Crippen LogP contribution is -2.22. The second-order valence-corrected chi connectivity index (χ2v) is 7.08. The first-order valence-electron chi connectivity index (χ1n) is 10.1. The summed E-state index contributed by atoms with van der Waals surface area (Å²) in [7, 11) is 1.73. The Kier molecular flexibility index (Phi) is 7.28. The van der Waals surface area contributed by atoms with Crippen LogP contribution in [0.1, 0.15) is 30.0 Å². The Labute approximate surface area is 178 Å². The third kappa shape index (κ3) is 5.29. The van der Waals surface area contributed by atoms with Gasteiger partial charge in [0.1, 0.15) is 18.1 Å². The number of benzene rings is 3. The maximum Gasteiger partial charge on any atom is 0.209 e. The van der Waals surface area contributed by atoms with Crippen LogP contribution < -0.4 is 4.74 Å². The molecule has 4 nitrogen and oxygen atoms in total. The zero-order valence-electron chi connectivity index (χ0n) is 17.4. The summed E-state index contributed by atoms with van der Waals surface area (Å²) in [6, 6.07) is 25.7. The number of ether oxygens (including phenoxy) is 1. The predicted molar refractivity (Wildman–Crippen MR) is 121 cm³/mol. The highest BCUT2D eigenvalue weighted by Crippen LogP contribution is 2.35. The SMILES string of the molecule is CC/C(=C(\c1ccc(O)cc1)c1ccc(OCCN(C)C=O)cc1)c1ccccc1. The van der Waals surface area contributed by atoms with E-state index in [2.05, 4.69) is 31.2 Å². The molecular formula is C26H27NO3. The average Bonchev–Trinajstić information content (AvgIpc) is 2.79. The smallest absolute Gasteiger partial charge is 0.209 e. The first-order valence-corrected chi connectivity index (χ1v) is 10.1. The summed E-state index contributed by atoms with van der Waals surface area (Å²) in [5, 5.41) is 9.74. The summed E-state index contributed by atoms with van der Waals surface area (Å²) in [5.41, 5.74) is 5.69. The van der Waals surface area contributed by atoms with Gasteiger partial charge in [-0.15, -0.1) is 0 Å². The van der Waals surface area contributed by atoms with Crippen molar-refractivity contribution in [1.29, 1.82) is 0 Å². The minimum atomic E-state index is 0.250. The summed E-state index contributed by atoms with van der Waals surface area (Å²) in [6.07, 6.45) is 1.66. The quantitative estimate of drug-likeness (QED) is 0.395. The van der Waals surface area contributed by atoms with Gasteiger partial charge < -0.3 is 14.7 Å². The van der Waals surface area contributed by atoms with Crippen LogP contribution in [0, 0.1) is 0 Å². The van der Waals surface area contributed by atoms with Gasteiger partial charge in [-0.05, 0) is 58.5 Å². The number of allylic oxidation sites excluding steroid dienone is 1. The standard InChI is InChI=1S/C26H27NO3/c1-3-25(20-7-5-4-6-8-20)26(21-9-13-23(29)14-10-21)22-11-15-24(16-12-22)30-18-17-27(2)19-28/h4-16,19,29H,3,17-18H2,1-2H3/b26-25-. The monoisotopic (exact) mass is 401 g/mol. The van der Waals surface area contributed by atoms with Gasteiger partial charge in [0.2, 0.25) is 6.41 Å². The molecule has 1 N–H and O–H groups in total. The van der Waals surface area contributed by atoms with Crippen molar-refractivity contribution in [2.75, 3.05) is 20.2 Å². The average molecular weight is 402 g/mol. The highest BCUT2D eigenvalue weighted by molar-refractivity contribution is 5.98. The molecular weight excluding hydrogens is 374 g/mol. The minimum absolute atomic E-state index is 0.250. The third-order valence-corrected chi connectivity index (χ3v) is 4.97. The van der Waals surface area contributed by atoms with Crippen LogP contribution in [0.3, 0.4) is 0 Å². The molecule has 0 radical (unpaired) electrons. The fourth-order valence-electron chi connectivity index (χ4n) is 3.39. The second kappa shape index (κ2) is 10.3. The van der Waals surface area contributed by atoms with Crippen molar-refractivity contribution in [3.8, 4) is 11.5 Å². The van der Waals surface area contributed by atoms with Gasteiger partial charge in [0.05, 0.1) is 6.54 Å². The molecule has 0 aromatic heterocycles. The van der Waals surface area contributed by atoms with Crippen LogP contribution >= 0.6 is 0 Å². The van der Waals surface area contributed by atoms with Gasteiger partial charge in [0.15, 0.2) is 0 Å². The molecule has 0 fully saturated rings. The Hall–Kier alpha value is -3.53. The third-order valence-electron chi connectivity index (χ3n) is 4.97. The van der Waals surface area contributed by atoms with E-state index in [-0.39, 0.29) is 5.75 Å². The summed E-state index contributed by atoms with van der Waals surface area (Å²) >= 11 is 0. The van der Waals surface area contributed by atoms with Crippen molar-refractivity contribution in [3.05, 3.63) is 95.6 Å². The number of phenolic OH excluding ortho intramolecular Hbond substituents is 1. The number of aromatic hydroxyl groups is 1. The molecule has 0 heterocycles. The number of phenols is 1. The number of rotatable bonds is 9. The molecule has 3 aromatic carbocycles. The van der Waals surface area contributed by atoms with Crippen LogP contribution in [0.2, 0.25) is 0 Å². The van der Waals surface area contributed by atoms with Crippen molar-refractivity contribution < 1.29 is 14.6 Å². The Morgan fingerprint density at radius 3 is 2.07 bits per heavy atom. The lowest BCUT2D eigenvalue weighted by Gasteiger charge is -2.17. The number of carbonyl (C=O) groups excluding carboxylic acids is 1. The molecule has 0 spiro atoms. The maximum atomic E-state index is 10.7. The van der Waals surface area contributed by atoms with Gasteiger partial charge in [-0.3, -0.25) is 4.79 Å². The van der Waals surface area contributed by atoms with Crippen LogP contribution in [0.25, 0.3) is 11.1 Å². The van der Waals surface area contributed by atoms with Gasteiger partial charge >= 0.3 is 0 Å². The molecule has 0 unspecified atom stereocenters. The highest BCUT2D eigenvalue weighted by Gasteiger charge is 2.13. The van der Waals surface area contributed by atoms with E-state index in [9.17, 15) is 9.90 Å². The predicted octanol–water partition coefficient (Wildman–Crippen LogP) is 5.23. The van der Waals surface area contributed by atoms with E-state index in [1.807, 2.05) is 42.5 Å². The van der Waals surface area contributed by atoms with Crippen LogP contribution in [0.4, 0.5) is 0 Å². The van der Waals surface area contributed by atoms with Gasteiger partial charge in [-0.1, -0.05) is 61.5 Å². The lowest BCUT2D eigenvalue weighted by molar-refractivity contribution is -0.117. The molecule has 154 valence electrons. The fraction of sp³-hybridized carbons (Fsp3) is 0.192. The van der Waals surface area contributed by atoms with Crippen LogP contribution in [-0.2, 0) is 4.79 Å². The van der Waals surface area contributed by atoms with Crippen molar-refractivity contribution in [2.45, 2.75) is 13.3 Å². The number of likely N-dealkylation sites (N-methyl/N-ethyl adjacent to an activating group) is 1. The van der Waals surface area contributed by atoms with Crippen molar-refractivity contribution in [2.24, 2.45) is 0 Å². The molecule has 0 bridgehead atoms. The molecule has 30 heavy (non-hydrogen) atoms. The second-order valence-electron chi connectivity index (χ2n) is 7.08. The Morgan fingerprint density at radius 1 is 0.900 bits per heavy atom. The Bertz CT molecular complexity index is 977. The first-order chi connectivity index (χ1) is 14.6. The number of nitrogens with zero attached hydrogens (tertiary/aromatic N) is 1. The molecule has 4 heteroatoms. The molecule has 0 atom stereocenters. The fourth-order valence-corrected chi connectivity index (χ4v) is 3.39. The van der Waals surface area contributed by atoms with Crippen molar-refractivity contribution in [1.82, 2.24) is 4.90 Å². The first kappa shape index (κ1) is 21.2. The van der Waals surface area contributed by atoms with Crippen LogP contribution in [0.15, 0.2) is 78.9 Å². The van der Waals surface area contributed by atoms with E-state index in [4.69, 9.17) is 4.74 Å². The molecule has 0 aliphatic rings. The molecule has 0 saturated heterocycles. The molecule has 0 saturated carbocycles. The van der Waals surface area contributed by atoms with Crippen LogP contribution in [0.5, 0.6) is 11.5 Å². The lowest BCUT2D eigenvalue weighted by atomic mass is 9.88. The van der Waals surface area contributed by atoms with E-state index in [1.165, 1.54) is 11.1 Å². The van der Waals surface area contributed by atoms with E-state index in [1.54, 1.807) is 24.1 Å². The zero-order chi connectivity index (χ0) is 21.3. The highest BCUT2D eigenvalue weighted by atomic mass is 16.5. The Morgan fingerprint density at radius 2 is 1.50 bits per heavy atom. The molecule has 3 aromatic rings. The van der Waals surface area contributed by atoms with E-state index in [0.717, 1.165) is 35.3 Å². The maximum absolute atomic E-state index is 10.7. The topological polar surface area (TPSA) is 49.8 Å². The molecule has 3 rings (SSSR count). The number of carbonyl (C=O) groups is 1. The summed E-state index contributed by atoms with van der Waals surface area (Å²) in [5.74, 6) is 1.01. The summed E-state index contributed by atoms with van der Waals surface area (Å²) in [6.45, 7) is 3.14. The molecule has 1 amide bonds. The normalized spacial score (nSPS) is 11.5. The van der Waals surface area contributed by atoms with E-state index in [0.29, 0.717) is 13.2 Å².